The lowest BCUT2D eigenvalue weighted by Crippen LogP contribution is -2.43. The lowest BCUT2D eigenvalue weighted by atomic mass is 10.0. The monoisotopic (exact) mass is 286 g/mol. The minimum atomic E-state index is -0.552. The van der Waals surface area contributed by atoms with Crippen LogP contribution in [0.5, 0.6) is 0 Å². The number of hydrogen-bond acceptors (Lipinski definition) is 4. The van der Waals surface area contributed by atoms with Crippen LogP contribution in [0.1, 0.15) is 33.1 Å². The Hall–Kier alpha value is -2.10. The second kappa shape index (κ2) is 6.12. The third-order valence-corrected chi connectivity index (χ3v) is 4.11. The van der Waals surface area contributed by atoms with E-state index in [4.69, 9.17) is 5.73 Å². The molecule has 0 radical (unpaired) electrons. The minimum absolute atomic E-state index is 0.109. The van der Waals surface area contributed by atoms with Crippen molar-refractivity contribution in [3.05, 3.63) is 55.9 Å². The molecule has 0 aromatic heterocycles. The fraction of sp³-hybridized carbons (Fsp3) is 0.412. The largest absolute Gasteiger partial charge is 0.394 e. The van der Waals surface area contributed by atoms with Gasteiger partial charge in [0, 0.05) is 13.1 Å². The highest BCUT2D eigenvalue weighted by molar-refractivity contribution is 5.73. The van der Waals surface area contributed by atoms with E-state index in [0.29, 0.717) is 12.2 Å². The molecule has 1 aromatic rings. The number of nitrogen functional groups attached to an aromatic ring is 1. The zero-order chi connectivity index (χ0) is 15.6. The molecule has 1 aliphatic heterocycles. The Balaban J connectivity index is 2.38. The van der Waals surface area contributed by atoms with Gasteiger partial charge in [-0.3, -0.25) is 9.59 Å². The highest BCUT2D eigenvalue weighted by Gasteiger charge is 2.25. The van der Waals surface area contributed by atoms with Crippen molar-refractivity contribution in [3.63, 3.8) is 0 Å². The van der Waals surface area contributed by atoms with Crippen LogP contribution in [0.25, 0.3) is 0 Å². The van der Waals surface area contributed by atoms with E-state index in [1.165, 1.54) is 11.1 Å². The Labute approximate surface area is 125 Å². The molecule has 0 spiro atoms. The second-order valence-corrected chi connectivity index (χ2v) is 5.54. The first-order valence-corrected chi connectivity index (χ1v) is 7.35. The van der Waals surface area contributed by atoms with E-state index in [2.05, 4.69) is 26.5 Å². The van der Waals surface area contributed by atoms with Crippen molar-refractivity contribution in [2.24, 2.45) is 0 Å². The van der Waals surface area contributed by atoms with Gasteiger partial charge < -0.3 is 10.6 Å². The average molecular weight is 286 g/mol. The third-order valence-electron chi connectivity index (χ3n) is 4.11. The molecule has 2 rings (SSSR count). The van der Waals surface area contributed by atoms with Crippen molar-refractivity contribution in [2.75, 3.05) is 23.7 Å². The standard InChI is InChI=1S/C17H22N2O2/c1-4-11(3)9-13-10-19(8-6-7-12(13)5-2)15-14(18)16(20)17(15)21/h5,9H,2,4,6-8,10,18H2,1,3H3/b11-9+. The van der Waals surface area contributed by atoms with Gasteiger partial charge in [0.1, 0.15) is 11.4 Å². The summed E-state index contributed by atoms with van der Waals surface area (Å²) < 4.78 is 0. The van der Waals surface area contributed by atoms with E-state index in [1.54, 1.807) is 0 Å². The lowest BCUT2D eigenvalue weighted by molar-refractivity contribution is 0.784. The molecule has 1 aromatic carbocycles. The topological polar surface area (TPSA) is 63.4 Å². The van der Waals surface area contributed by atoms with Crippen LogP contribution in [-0.2, 0) is 0 Å². The summed E-state index contributed by atoms with van der Waals surface area (Å²) in [6.07, 6.45) is 6.89. The van der Waals surface area contributed by atoms with Crippen LogP contribution in [-0.4, -0.2) is 13.1 Å². The predicted octanol–water partition coefficient (Wildman–Crippen LogP) is 2.30. The summed E-state index contributed by atoms with van der Waals surface area (Å²) in [6, 6.07) is 0. The van der Waals surface area contributed by atoms with Crippen LogP contribution >= 0.6 is 0 Å². The fourth-order valence-corrected chi connectivity index (χ4v) is 2.68. The Morgan fingerprint density at radius 3 is 2.62 bits per heavy atom. The lowest BCUT2D eigenvalue weighted by Gasteiger charge is -2.25. The number of nitrogens with zero attached hydrogens (tertiary/aromatic N) is 1. The zero-order valence-electron chi connectivity index (χ0n) is 12.7. The maximum absolute atomic E-state index is 11.7. The molecule has 1 heterocycles. The van der Waals surface area contributed by atoms with Crippen molar-refractivity contribution >= 4 is 11.4 Å². The highest BCUT2D eigenvalue weighted by atomic mass is 16.2. The third kappa shape index (κ3) is 2.84. The summed E-state index contributed by atoms with van der Waals surface area (Å²) in [4.78, 5) is 25.0. The number of rotatable bonds is 4. The maximum atomic E-state index is 11.7. The summed E-state index contributed by atoms with van der Waals surface area (Å²) >= 11 is 0. The van der Waals surface area contributed by atoms with E-state index >= 15 is 0 Å². The van der Waals surface area contributed by atoms with Crippen molar-refractivity contribution < 1.29 is 0 Å². The smallest absolute Gasteiger partial charge is 0.253 e. The normalized spacial score (nSPS) is 17.2. The van der Waals surface area contributed by atoms with Crippen LogP contribution in [0.15, 0.2) is 45.0 Å². The molecule has 0 fully saturated rings. The number of nitrogens with two attached hydrogens (primary N) is 1. The molecule has 0 aliphatic carbocycles. The summed E-state index contributed by atoms with van der Waals surface area (Å²) in [5.74, 6) is 0. The van der Waals surface area contributed by atoms with E-state index in [0.717, 1.165) is 31.4 Å². The van der Waals surface area contributed by atoms with E-state index in [-0.39, 0.29) is 5.69 Å². The SMILES string of the molecule is C=CC1=C(/C=C(\C)CC)CN(c2c(N)c(=O)c2=O)CCC1. The fourth-order valence-electron chi connectivity index (χ4n) is 2.68. The molecule has 4 nitrogen and oxygen atoms in total. The Bertz CT molecular complexity index is 688. The molecule has 4 heteroatoms. The van der Waals surface area contributed by atoms with Crippen molar-refractivity contribution in [1.82, 2.24) is 0 Å². The minimum Gasteiger partial charge on any atom is -0.394 e. The van der Waals surface area contributed by atoms with Gasteiger partial charge in [0.15, 0.2) is 0 Å². The summed E-state index contributed by atoms with van der Waals surface area (Å²) in [5.41, 5.74) is 8.85. The molecule has 0 amide bonds. The van der Waals surface area contributed by atoms with Crippen LogP contribution in [0.4, 0.5) is 11.4 Å². The van der Waals surface area contributed by atoms with Gasteiger partial charge in [-0.1, -0.05) is 31.2 Å². The Kier molecular flexibility index (Phi) is 4.46. The molecule has 0 unspecified atom stereocenters. The van der Waals surface area contributed by atoms with Crippen LogP contribution in [0.2, 0.25) is 0 Å². The maximum Gasteiger partial charge on any atom is 0.253 e. The first-order valence-electron chi connectivity index (χ1n) is 7.35. The first kappa shape index (κ1) is 15.3. The molecule has 21 heavy (non-hydrogen) atoms. The highest BCUT2D eigenvalue weighted by Crippen LogP contribution is 2.26. The van der Waals surface area contributed by atoms with Crippen molar-refractivity contribution in [1.29, 1.82) is 0 Å². The van der Waals surface area contributed by atoms with Gasteiger partial charge in [-0.2, -0.15) is 0 Å². The van der Waals surface area contributed by atoms with E-state index in [1.807, 2.05) is 11.0 Å². The quantitative estimate of drug-likeness (QED) is 0.863. The molecule has 0 saturated carbocycles. The second-order valence-electron chi connectivity index (χ2n) is 5.54. The van der Waals surface area contributed by atoms with E-state index < -0.39 is 10.9 Å². The van der Waals surface area contributed by atoms with Gasteiger partial charge >= 0.3 is 0 Å². The number of allylic oxidation sites excluding steroid dienone is 3. The van der Waals surface area contributed by atoms with Gasteiger partial charge in [-0.05, 0) is 37.3 Å². The molecule has 112 valence electrons. The molecular weight excluding hydrogens is 264 g/mol. The molecule has 1 aliphatic rings. The molecular formula is C17H22N2O2. The first-order chi connectivity index (χ1) is 9.99. The van der Waals surface area contributed by atoms with Gasteiger partial charge in [0.25, 0.3) is 10.9 Å². The van der Waals surface area contributed by atoms with Crippen LogP contribution in [0.3, 0.4) is 0 Å². The van der Waals surface area contributed by atoms with Gasteiger partial charge in [-0.15, -0.1) is 0 Å². The van der Waals surface area contributed by atoms with Crippen molar-refractivity contribution in [2.45, 2.75) is 33.1 Å². The average Bonchev–Trinajstić information content (AvgIpc) is 2.68. The Morgan fingerprint density at radius 1 is 1.33 bits per heavy atom. The summed E-state index contributed by atoms with van der Waals surface area (Å²) in [5, 5.41) is 0. The van der Waals surface area contributed by atoms with Crippen molar-refractivity contribution in [3.8, 4) is 0 Å². The summed E-state index contributed by atoms with van der Waals surface area (Å²) in [6.45, 7) is 9.43. The molecule has 0 atom stereocenters. The predicted molar refractivity (Wildman–Crippen MR) is 88.5 cm³/mol. The van der Waals surface area contributed by atoms with Gasteiger partial charge in [-0.25, -0.2) is 0 Å². The molecule has 0 bridgehead atoms. The van der Waals surface area contributed by atoms with Gasteiger partial charge in [0.05, 0.1) is 0 Å². The molecule has 2 N–H and O–H groups in total. The number of hydrogen-bond donors (Lipinski definition) is 1. The number of anilines is 2. The van der Waals surface area contributed by atoms with Crippen LogP contribution in [0, 0.1) is 0 Å². The zero-order valence-corrected chi connectivity index (χ0v) is 12.7. The summed E-state index contributed by atoms with van der Waals surface area (Å²) in [7, 11) is 0. The molecule has 0 saturated heterocycles. The van der Waals surface area contributed by atoms with Gasteiger partial charge in [0.2, 0.25) is 0 Å². The van der Waals surface area contributed by atoms with Crippen LogP contribution < -0.4 is 21.5 Å². The Morgan fingerprint density at radius 2 is 2.05 bits per heavy atom. The van der Waals surface area contributed by atoms with E-state index in [9.17, 15) is 9.59 Å².